The standard InChI is InChI=1S/C29H40O4/c1-2-3-4-5-6-7-8-17-24-29(25-18-11-9-12-19-25,26-20-13-10-14-21-26)33-28(32)23-16-15-22-27(30)31/h9-14,18-21H,2-8,15-17,22-24H2,1H3,(H,30,31). The van der Waals surface area contributed by atoms with Gasteiger partial charge in [0.25, 0.3) is 0 Å². The molecule has 0 saturated heterocycles. The SMILES string of the molecule is CCCCCCCCCCC(OC(=O)CCCCC(=O)O)(c1ccccc1)c1ccccc1. The summed E-state index contributed by atoms with van der Waals surface area (Å²) in [5.41, 5.74) is 1.14. The first-order valence-electron chi connectivity index (χ1n) is 12.6. The van der Waals surface area contributed by atoms with Gasteiger partial charge in [0.15, 0.2) is 5.60 Å². The number of carbonyl (C=O) groups is 2. The molecule has 0 fully saturated rings. The first-order valence-corrected chi connectivity index (χ1v) is 12.6. The Labute approximate surface area is 199 Å². The van der Waals surface area contributed by atoms with Gasteiger partial charge in [-0.15, -0.1) is 0 Å². The zero-order valence-electron chi connectivity index (χ0n) is 20.1. The molecule has 33 heavy (non-hydrogen) atoms. The second kappa shape index (κ2) is 15.3. The third-order valence-electron chi connectivity index (χ3n) is 6.17. The van der Waals surface area contributed by atoms with E-state index in [9.17, 15) is 9.59 Å². The van der Waals surface area contributed by atoms with E-state index in [0.717, 1.165) is 30.4 Å². The van der Waals surface area contributed by atoms with Gasteiger partial charge in [-0.05, 0) is 25.7 Å². The number of hydrogen-bond acceptors (Lipinski definition) is 3. The summed E-state index contributed by atoms with van der Waals surface area (Å²) < 4.78 is 6.29. The predicted octanol–water partition coefficient (Wildman–Crippen LogP) is 7.65. The number of aliphatic carboxylic acids is 1. The average Bonchev–Trinajstić information content (AvgIpc) is 2.84. The van der Waals surface area contributed by atoms with Gasteiger partial charge in [0, 0.05) is 24.0 Å². The molecule has 2 aromatic carbocycles. The van der Waals surface area contributed by atoms with E-state index in [1.165, 1.54) is 38.5 Å². The van der Waals surface area contributed by atoms with Crippen molar-refractivity contribution in [2.45, 2.75) is 96.0 Å². The maximum absolute atomic E-state index is 12.9. The molecule has 0 radical (unpaired) electrons. The molecule has 0 bridgehead atoms. The van der Waals surface area contributed by atoms with Crippen molar-refractivity contribution < 1.29 is 19.4 Å². The molecule has 4 nitrogen and oxygen atoms in total. The lowest BCUT2D eigenvalue weighted by molar-refractivity contribution is -0.158. The smallest absolute Gasteiger partial charge is 0.307 e. The predicted molar refractivity (Wildman–Crippen MR) is 133 cm³/mol. The normalized spacial score (nSPS) is 11.3. The summed E-state index contributed by atoms with van der Waals surface area (Å²) in [5.74, 6) is -1.10. The molecule has 0 aromatic heterocycles. The van der Waals surface area contributed by atoms with E-state index in [4.69, 9.17) is 9.84 Å². The molecule has 0 aliphatic rings. The number of carbonyl (C=O) groups excluding carboxylic acids is 1. The Hall–Kier alpha value is -2.62. The number of carboxylic acid groups (broad SMARTS) is 1. The van der Waals surface area contributed by atoms with E-state index >= 15 is 0 Å². The number of ether oxygens (including phenoxy) is 1. The fourth-order valence-corrected chi connectivity index (χ4v) is 4.34. The summed E-state index contributed by atoms with van der Waals surface area (Å²) in [7, 11) is 0. The third kappa shape index (κ3) is 9.41. The highest BCUT2D eigenvalue weighted by Gasteiger charge is 2.37. The van der Waals surface area contributed by atoms with E-state index in [-0.39, 0.29) is 18.8 Å². The summed E-state index contributed by atoms with van der Waals surface area (Å²) in [4.78, 5) is 23.7. The van der Waals surface area contributed by atoms with Crippen molar-refractivity contribution in [3.05, 3.63) is 71.8 Å². The summed E-state index contributed by atoms with van der Waals surface area (Å²) in [6.45, 7) is 2.24. The van der Waals surface area contributed by atoms with Gasteiger partial charge in [-0.25, -0.2) is 0 Å². The first kappa shape index (κ1) is 26.6. The molecule has 4 heteroatoms. The molecule has 180 valence electrons. The first-order chi connectivity index (χ1) is 16.1. The molecule has 0 aliphatic heterocycles. The molecule has 1 N–H and O–H groups in total. The van der Waals surface area contributed by atoms with Gasteiger partial charge < -0.3 is 9.84 Å². The van der Waals surface area contributed by atoms with Gasteiger partial charge in [0.05, 0.1) is 0 Å². The van der Waals surface area contributed by atoms with Crippen LogP contribution in [-0.2, 0) is 19.9 Å². The molecule has 0 atom stereocenters. The summed E-state index contributed by atoms with van der Waals surface area (Å²) in [6, 6.07) is 20.0. The Morgan fingerprint density at radius 3 is 1.70 bits per heavy atom. The van der Waals surface area contributed by atoms with E-state index in [2.05, 4.69) is 6.92 Å². The second-order valence-electron chi connectivity index (χ2n) is 8.86. The number of unbranched alkanes of at least 4 members (excludes halogenated alkanes) is 8. The number of benzene rings is 2. The number of rotatable bonds is 17. The molecule has 0 unspecified atom stereocenters. The minimum absolute atomic E-state index is 0.0774. The summed E-state index contributed by atoms with van der Waals surface area (Å²) in [5, 5.41) is 8.85. The van der Waals surface area contributed by atoms with Crippen LogP contribution in [0.4, 0.5) is 0 Å². The van der Waals surface area contributed by atoms with Gasteiger partial charge in [0.2, 0.25) is 0 Å². The van der Waals surface area contributed by atoms with Crippen LogP contribution >= 0.6 is 0 Å². The fourth-order valence-electron chi connectivity index (χ4n) is 4.34. The lowest BCUT2D eigenvalue weighted by atomic mass is 9.81. The molecule has 0 aliphatic carbocycles. The van der Waals surface area contributed by atoms with Gasteiger partial charge >= 0.3 is 11.9 Å². The van der Waals surface area contributed by atoms with Crippen LogP contribution in [0.3, 0.4) is 0 Å². The van der Waals surface area contributed by atoms with E-state index in [1.807, 2.05) is 60.7 Å². The van der Waals surface area contributed by atoms with Crippen LogP contribution in [0.15, 0.2) is 60.7 Å². The maximum atomic E-state index is 12.9. The quantitative estimate of drug-likeness (QED) is 0.198. The molecular weight excluding hydrogens is 412 g/mol. The average molecular weight is 453 g/mol. The van der Waals surface area contributed by atoms with Crippen molar-refractivity contribution in [2.75, 3.05) is 0 Å². The van der Waals surface area contributed by atoms with Crippen molar-refractivity contribution in [3.8, 4) is 0 Å². The van der Waals surface area contributed by atoms with Crippen LogP contribution < -0.4 is 0 Å². The van der Waals surface area contributed by atoms with Gasteiger partial charge in [-0.1, -0.05) is 113 Å². The molecule has 2 rings (SSSR count). The van der Waals surface area contributed by atoms with Crippen LogP contribution in [0.5, 0.6) is 0 Å². The lowest BCUT2D eigenvalue weighted by Gasteiger charge is -2.35. The molecule has 0 spiro atoms. The monoisotopic (exact) mass is 452 g/mol. The van der Waals surface area contributed by atoms with Gasteiger partial charge in [-0.2, -0.15) is 0 Å². The highest BCUT2D eigenvalue weighted by atomic mass is 16.6. The molecule has 0 heterocycles. The van der Waals surface area contributed by atoms with E-state index < -0.39 is 11.6 Å². The Balaban J connectivity index is 2.12. The van der Waals surface area contributed by atoms with Crippen molar-refractivity contribution >= 4 is 11.9 Å². The number of carboxylic acids is 1. The topological polar surface area (TPSA) is 63.6 Å². The highest BCUT2D eigenvalue weighted by molar-refractivity contribution is 5.71. The Kier molecular flexibility index (Phi) is 12.3. The third-order valence-corrected chi connectivity index (χ3v) is 6.17. The van der Waals surface area contributed by atoms with Crippen LogP contribution in [-0.4, -0.2) is 17.0 Å². The van der Waals surface area contributed by atoms with Crippen molar-refractivity contribution in [2.24, 2.45) is 0 Å². The Morgan fingerprint density at radius 2 is 1.18 bits per heavy atom. The molecule has 0 amide bonds. The van der Waals surface area contributed by atoms with Gasteiger partial charge in [-0.3, -0.25) is 9.59 Å². The largest absolute Gasteiger partial charge is 0.481 e. The maximum Gasteiger partial charge on any atom is 0.307 e. The van der Waals surface area contributed by atoms with Crippen molar-refractivity contribution in [1.29, 1.82) is 0 Å². The fraction of sp³-hybridized carbons (Fsp3) is 0.517. The van der Waals surface area contributed by atoms with Crippen LogP contribution in [0.1, 0.15) is 102 Å². The zero-order chi connectivity index (χ0) is 23.8. The van der Waals surface area contributed by atoms with Gasteiger partial charge in [0.1, 0.15) is 0 Å². The highest BCUT2D eigenvalue weighted by Crippen LogP contribution is 2.39. The van der Waals surface area contributed by atoms with Crippen LogP contribution in [0.2, 0.25) is 0 Å². The summed E-state index contributed by atoms with van der Waals surface area (Å²) in [6.07, 6.45) is 11.8. The lowest BCUT2D eigenvalue weighted by Crippen LogP contribution is -2.34. The second-order valence-corrected chi connectivity index (χ2v) is 8.86. The van der Waals surface area contributed by atoms with Crippen molar-refractivity contribution in [3.63, 3.8) is 0 Å². The number of esters is 1. The van der Waals surface area contributed by atoms with Crippen LogP contribution in [0, 0.1) is 0 Å². The zero-order valence-corrected chi connectivity index (χ0v) is 20.1. The van der Waals surface area contributed by atoms with E-state index in [0.29, 0.717) is 12.8 Å². The molecule has 2 aromatic rings. The van der Waals surface area contributed by atoms with Crippen molar-refractivity contribution in [1.82, 2.24) is 0 Å². The minimum atomic E-state index is -0.832. The minimum Gasteiger partial charge on any atom is -0.481 e. The molecule has 0 saturated carbocycles. The molecular formula is C29H40O4. The van der Waals surface area contributed by atoms with E-state index in [1.54, 1.807) is 0 Å². The Morgan fingerprint density at radius 1 is 0.697 bits per heavy atom. The summed E-state index contributed by atoms with van der Waals surface area (Å²) >= 11 is 0. The van der Waals surface area contributed by atoms with Crippen LogP contribution in [0.25, 0.3) is 0 Å². The number of hydrogen-bond donors (Lipinski definition) is 1. The Bertz CT molecular complexity index is 761.